The van der Waals surface area contributed by atoms with Crippen LogP contribution >= 0.6 is 23.6 Å². The Bertz CT molecular complexity index is 1390. The molecule has 0 aliphatic heterocycles. The van der Waals surface area contributed by atoms with Gasteiger partial charge in [-0.05, 0) is 42.9 Å². The van der Waals surface area contributed by atoms with Crippen LogP contribution in [0.3, 0.4) is 0 Å². The Labute approximate surface area is 211 Å². The van der Waals surface area contributed by atoms with Crippen LogP contribution in [0.1, 0.15) is 28.7 Å². The van der Waals surface area contributed by atoms with Gasteiger partial charge in [0.2, 0.25) is 10.7 Å². The average molecular weight is 513 g/mol. The molecule has 4 rings (SSSR count). The largest absolute Gasteiger partial charge is 0.493 e. The summed E-state index contributed by atoms with van der Waals surface area (Å²) in [5, 5.41) is 19.7. The molecule has 0 bridgehead atoms. The summed E-state index contributed by atoms with van der Waals surface area (Å²) in [5.74, 6) is 1.53. The molecular formula is C23H24N6O4S2. The molecule has 12 heteroatoms. The van der Waals surface area contributed by atoms with Crippen LogP contribution in [0.15, 0.2) is 30.3 Å². The molecule has 10 nitrogen and oxygen atoms in total. The zero-order valence-electron chi connectivity index (χ0n) is 19.8. The maximum absolute atomic E-state index is 12.9. The number of carbonyl (C=O) groups excluding carboxylic acids is 1. The second-order valence-corrected chi connectivity index (χ2v) is 8.79. The van der Waals surface area contributed by atoms with Gasteiger partial charge in [-0.15, -0.1) is 10.2 Å². The number of benzene rings is 2. The molecular weight excluding hydrogens is 488 g/mol. The van der Waals surface area contributed by atoms with E-state index in [0.717, 1.165) is 39.0 Å². The average Bonchev–Trinajstić information content (AvgIpc) is 3.45. The highest BCUT2D eigenvalue weighted by atomic mass is 32.1. The topological polar surface area (TPSA) is 112 Å². The minimum atomic E-state index is -0.420. The molecule has 0 spiro atoms. The first-order chi connectivity index (χ1) is 16.9. The van der Waals surface area contributed by atoms with E-state index in [1.54, 1.807) is 16.6 Å². The lowest BCUT2D eigenvalue weighted by Gasteiger charge is -2.15. The van der Waals surface area contributed by atoms with Gasteiger partial charge in [0.15, 0.2) is 22.4 Å². The number of methoxy groups -OCH3 is 3. The lowest BCUT2D eigenvalue weighted by atomic mass is 10.1. The number of hydrogen-bond donors (Lipinski definition) is 2. The van der Waals surface area contributed by atoms with Gasteiger partial charge in [-0.1, -0.05) is 30.4 Å². The molecule has 0 atom stereocenters. The highest BCUT2D eigenvalue weighted by Gasteiger charge is 2.18. The molecule has 0 saturated heterocycles. The SMILES string of the molecule is CCc1nnc2sc(-c3ccc(C)c(NC(=S)NC(=O)c4cc(OC)c(OC)c(OC)c4)c3)nn12. The molecule has 2 aromatic heterocycles. The van der Waals surface area contributed by atoms with Crippen LogP contribution in [0.5, 0.6) is 17.2 Å². The Morgan fingerprint density at radius 2 is 1.80 bits per heavy atom. The third kappa shape index (κ3) is 4.88. The summed E-state index contributed by atoms with van der Waals surface area (Å²) in [6.07, 6.45) is 0.741. The number of nitrogens with zero attached hydrogens (tertiary/aromatic N) is 4. The second kappa shape index (κ2) is 10.2. The van der Waals surface area contributed by atoms with Crippen molar-refractivity contribution in [2.75, 3.05) is 26.6 Å². The molecule has 4 aromatic rings. The Morgan fingerprint density at radius 1 is 1.09 bits per heavy atom. The number of carbonyl (C=O) groups is 1. The van der Waals surface area contributed by atoms with Crippen molar-refractivity contribution in [3.8, 4) is 27.8 Å². The van der Waals surface area contributed by atoms with E-state index in [4.69, 9.17) is 26.4 Å². The van der Waals surface area contributed by atoms with Crippen LogP contribution in [0.2, 0.25) is 0 Å². The fourth-order valence-corrected chi connectivity index (χ4v) is 4.48. The predicted octanol–water partition coefficient (Wildman–Crippen LogP) is 3.88. The summed E-state index contributed by atoms with van der Waals surface area (Å²) in [7, 11) is 4.47. The Kier molecular flexibility index (Phi) is 7.12. The van der Waals surface area contributed by atoms with Gasteiger partial charge >= 0.3 is 0 Å². The van der Waals surface area contributed by atoms with Crippen molar-refractivity contribution in [3.63, 3.8) is 0 Å². The van der Waals surface area contributed by atoms with E-state index >= 15 is 0 Å². The van der Waals surface area contributed by atoms with Crippen molar-refractivity contribution in [2.24, 2.45) is 0 Å². The van der Waals surface area contributed by atoms with Crippen LogP contribution in [0, 0.1) is 6.92 Å². The van der Waals surface area contributed by atoms with Gasteiger partial charge in [0, 0.05) is 23.2 Å². The van der Waals surface area contributed by atoms with E-state index in [2.05, 4.69) is 25.9 Å². The standard InChI is InChI=1S/C23H24N6O4S2/c1-6-18-26-27-23-29(18)28-21(35-23)13-8-7-12(2)15(9-13)24-22(34)25-20(30)14-10-16(31-3)19(33-5)17(11-14)32-4/h7-11H,6H2,1-5H3,(H2,24,25,30,34). The van der Waals surface area contributed by atoms with Crippen molar-refractivity contribution < 1.29 is 19.0 Å². The van der Waals surface area contributed by atoms with Gasteiger partial charge < -0.3 is 19.5 Å². The lowest BCUT2D eigenvalue weighted by molar-refractivity contribution is 0.0977. The lowest BCUT2D eigenvalue weighted by Crippen LogP contribution is -2.34. The van der Waals surface area contributed by atoms with Crippen LogP contribution in [-0.2, 0) is 6.42 Å². The fraction of sp³-hybridized carbons (Fsp3) is 0.261. The molecule has 0 aliphatic rings. The van der Waals surface area contributed by atoms with Gasteiger partial charge in [0.25, 0.3) is 5.91 Å². The number of ether oxygens (including phenoxy) is 3. The van der Waals surface area contributed by atoms with Gasteiger partial charge in [0.1, 0.15) is 5.01 Å². The van der Waals surface area contributed by atoms with E-state index < -0.39 is 5.91 Å². The van der Waals surface area contributed by atoms with E-state index in [-0.39, 0.29) is 5.11 Å². The first-order valence-corrected chi connectivity index (χ1v) is 11.8. The molecule has 2 aromatic carbocycles. The number of aryl methyl sites for hydroxylation is 2. The van der Waals surface area contributed by atoms with Crippen molar-refractivity contribution >= 4 is 45.2 Å². The molecule has 0 unspecified atom stereocenters. The number of hydrogen-bond acceptors (Lipinski definition) is 9. The summed E-state index contributed by atoms with van der Waals surface area (Å²) in [6.45, 7) is 3.96. The summed E-state index contributed by atoms with van der Waals surface area (Å²) >= 11 is 6.86. The Hall–Kier alpha value is -3.77. The monoisotopic (exact) mass is 512 g/mol. The van der Waals surface area contributed by atoms with Gasteiger partial charge in [0.05, 0.1) is 21.3 Å². The van der Waals surface area contributed by atoms with E-state index in [0.29, 0.717) is 22.8 Å². The number of amides is 1. The molecule has 1 amide bonds. The second-order valence-electron chi connectivity index (χ2n) is 7.42. The summed E-state index contributed by atoms with van der Waals surface area (Å²) < 4.78 is 17.7. The van der Waals surface area contributed by atoms with Gasteiger partial charge in [-0.3, -0.25) is 10.1 Å². The van der Waals surface area contributed by atoms with Crippen LogP contribution < -0.4 is 24.8 Å². The Morgan fingerprint density at radius 3 is 2.43 bits per heavy atom. The normalized spacial score (nSPS) is 10.8. The maximum atomic E-state index is 12.9. The Balaban J connectivity index is 1.53. The van der Waals surface area contributed by atoms with Crippen molar-refractivity contribution in [1.82, 2.24) is 25.1 Å². The number of nitrogens with one attached hydrogen (secondary N) is 2. The fourth-order valence-electron chi connectivity index (χ4n) is 3.43. The van der Waals surface area contributed by atoms with Crippen molar-refractivity contribution in [3.05, 3.63) is 47.3 Å². The molecule has 182 valence electrons. The summed E-state index contributed by atoms with van der Waals surface area (Å²) in [4.78, 5) is 13.6. The highest BCUT2D eigenvalue weighted by Crippen LogP contribution is 2.38. The molecule has 0 aliphatic carbocycles. The van der Waals surface area contributed by atoms with Crippen LogP contribution in [0.4, 0.5) is 5.69 Å². The van der Waals surface area contributed by atoms with E-state index in [9.17, 15) is 4.79 Å². The molecule has 2 heterocycles. The van der Waals surface area contributed by atoms with Crippen molar-refractivity contribution in [1.29, 1.82) is 0 Å². The molecule has 0 fully saturated rings. The van der Waals surface area contributed by atoms with E-state index in [1.807, 2.05) is 32.0 Å². The number of aromatic nitrogens is 4. The smallest absolute Gasteiger partial charge is 0.257 e. The van der Waals surface area contributed by atoms with Crippen molar-refractivity contribution in [2.45, 2.75) is 20.3 Å². The highest BCUT2D eigenvalue weighted by molar-refractivity contribution is 7.80. The minimum absolute atomic E-state index is 0.149. The maximum Gasteiger partial charge on any atom is 0.257 e. The zero-order valence-corrected chi connectivity index (χ0v) is 21.5. The van der Waals surface area contributed by atoms with Gasteiger partial charge in [-0.25, -0.2) is 0 Å². The zero-order chi connectivity index (χ0) is 25.1. The van der Waals surface area contributed by atoms with E-state index in [1.165, 1.54) is 32.7 Å². The quantitative estimate of drug-likeness (QED) is 0.356. The summed E-state index contributed by atoms with van der Waals surface area (Å²) in [6, 6.07) is 9.00. The molecule has 35 heavy (non-hydrogen) atoms. The number of fused-ring (bicyclic) bond motifs is 1. The number of anilines is 1. The number of thiocarbonyl (C=S) groups is 1. The number of rotatable bonds is 7. The van der Waals surface area contributed by atoms with Crippen LogP contribution in [-0.4, -0.2) is 52.2 Å². The van der Waals surface area contributed by atoms with Gasteiger partial charge in [-0.2, -0.15) is 9.61 Å². The third-order valence-corrected chi connectivity index (χ3v) is 6.41. The first kappa shape index (κ1) is 24.4. The predicted molar refractivity (Wildman–Crippen MR) is 138 cm³/mol. The molecule has 2 N–H and O–H groups in total. The summed E-state index contributed by atoms with van der Waals surface area (Å²) in [5.41, 5.74) is 2.91. The molecule has 0 radical (unpaired) electrons. The first-order valence-electron chi connectivity index (χ1n) is 10.6. The third-order valence-electron chi connectivity index (χ3n) is 5.26. The molecule has 0 saturated carbocycles. The minimum Gasteiger partial charge on any atom is -0.493 e. The van der Waals surface area contributed by atoms with Crippen LogP contribution in [0.25, 0.3) is 15.5 Å².